The van der Waals surface area contributed by atoms with Crippen LogP contribution in [0.15, 0.2) is 47.7 Å². The summed E-state index contributed by atoms with van der Waals surface area (Å²) in [7, 11) is 0. The van der Waals surface area contributed by atoms with Crippen LogP contribution < -0.4 is 16.4 Å². The van der Waals surface area contributed by atoms with Gasteiger partial charge in [0.2, 0.25) is 5.91 Å². The van der Waals surface area contributed by atoms with Crippen LogP contribution in [0, 0.1) is 11.2 Å². The maximum absolute atomic E-state index is 14.3. The van der Waals surface area contributed by atoms with Crippen molar-refractivity contribution < 1.29 is 27.2 Å². The number of amides is 2. The van der Waals surface area contributed by atoms with E-state index in [0.717, 1.165) is 24.4 Å². The number of hydrogen-bond acceptors (Lipinski definition) is 4. The number of nitrogens with two attached hydrogens (primary N) is 1. The summed E-state index contributed by atoms with van der Waals surface area (Å²) >= 11 is 0. The molecular weight excluding hydrogens is 416 g/mol. The minimum Gasteiger partial charge on any atom is -0.398 e. The molecule has 0 radical (unpaired) electrons. The number of rotatable bonds is 4. The Labute approximate surface area is 174 Å². The van der Waals surface area contributed by atoms with Crippen LogP contribution in [0.1, 0.15) is 36.0 Å². The zero-order valence-corrected chi connectivity index (χ0v) is 16.2. The number of allylic oxidation sites excluding steroid dienone is 1. The fourth-order valence-electron chi connectivity index (χ4n) is 3.41. The second-order valence-corrected chi connectivity index (χ2v) is 7.02. The highest BCUT2D eigenvalue weighted by molar-refractivity contribution is 6.07. The lowest BCUT2D eigenvalue weighted by atomic mass is 9.83. The van der Waals surface area contributed by atoms with E-state index in [9.17, 15) is 27.2 Å². The van der Waals surface area contributed by atoms with Gasteiger partial charge >= 0.3 is 6.18 Å². The molecule has 0 bridgehead atoms. The van der Waals surface area contributed by atoms with Crippen molar-refractivity contribution in [1.82, 2.24) is 5.32 Å². The first-order valence-corrected chi connectivity index (χ1v) is 9.10. The Morgan fingerprint density at radius 2 is 1.90 bits per heavy atom. The van der Waals surface area contributed by atoms with Crippen LogP contribution in [0.3, 0.4) is 0 Å². The van der Waals surface area contributed by atoms with Crippen LogP contribution in [0.5, 0.6) is 0 Å². The van der Waals surface area contributed by atoms with Crippen molar-refractivity contribution in [1.29, 1.82) is 5.41 Å². The van der Waals surface area contributed by atoms with E-state index in [1.54, 1.807) is 0 Å². The van der Waals surface area contributed by atoms with Gasteiger partial charge < -0.3 is 21.8 Å². The van der Waals surface area contributed by atoms with Crippen molar-refractivity contribution in [3.8, 4) is 0 Å². The molecule has 3 rings (SSSR count). The molecule has 2 aromatic rings. The predicted molar refractivity (Wildman–Crippen MR) is 107 cm³/mol. The third-order valence-electron chi connectivity index (χ3n) is 4.93. The van der Waals surface area contributed by atoms with Gasteiger partial charge in [0.1, 0.15) is 5.82 Å². The van der Waals surface area contributed by atoms with Gasteiger partial charge in [-0.1, -0.05) is 12.1 Å². The monoisotopic (exact) mass is 434 g/mol. The Kier molecular flexibility index (Phi) is 5.83. The van der Waals surface area contributed by atoms with Crippen LogP contribution in [-0.2, 0) is 15.8 Å². The van der Waals surface area contributed by atoms with Crippen molar-refractivity contribution in [2.45, 2.75) is 25.4 Å². The number of anilines is 2. The molecule has 31 heavy (non-hydrogen) atoms. The van der Waals surface area contributed by atoms with Crippen LogP contribution in [0.4, 0.5) is 28.9 Å². The zero-order chi connectivity index (χ0) is 22.9. The Bertz CT molecular complexity index is 1090. The van der Waals surface area contributed by atoms with Crippen molar-refractivity contribution >= 4 is 29.4 Å². The van der Waals surface area contributed by atoms with Gasteiger partial charge in [-0.3, -0.25) is 9.59 Å². The molecule has 1 aliphatic heterocycles. The summed E-state index contributed by atoms with van der Waals surface area (Å²) in [5, 5.41) is 12.2. The lowest BCUT2D eigenvalue weighted by molar-refractivity contribution is -0.137. The van der Waals surface area contributed by atoms with Crippen LogP contribution >= 0.6 is 0 Å². The van der Waals surface area contributed by atoms with Gasteiger partial charge in [0.15, 0.2) is 0 Å². The maximum Gasteiger partial charge on any atom is 0.416 e. The molecular formula is C21H18F4N4O2. The van der Waals surface area contributed by atoms with Crippen molar-refractivity contribution in [2.75, 3.05) is 11.1 Å². The molecule has 1 aliphatic rings. The van der Waals surface area contributed by atoms with Crippen molar-refractivity contribution in [3.63, 3.8) is 0 Å². The summed E-state index contributed by atoms with van der Waals surface area (Å²) in [6, 6.07) is 6.34. The van der Waals surface area contributed by atoms with Gasteiger partial charge in [0, 0.05) is 41.1 Å². The number of nitrogen functional groups attached to an aromatic ring is 1. The Morgan fingerprint density at radius 3 is 2.48 bits per heavy atom. The fraction of sp³-hybridized carbons (Fsp3) is 0.190. The summed E-state index contributed by atoms with van der Waals surface area (Å²) in [6.07, 6.45) is -3.78. The first-order valence-electron chi connectivity index (χ1n) is 9.10. The molecule has 0 aromatic heterocycles. The molecule has 0 saturated heterocycles. The SMILES string of the molecule is CC1=C(C(=O)Nc2cc(C=N)c(N)cc2F)C(c2ccc(C(F)(F)F)cc2)CC(=O)N1. The van der Waals surface area contributed by atoms with Crippen LogP contribution in [0.2, 0.25) is 0 Å². The summed E-state index contributed by atoms with van der Waals surface area (Å²) in [5.41, 5.74) is 5.39. The third kappa shape index (κ3) is 4.57. The smallest absolute Gasteiger partial charge is 0.398 e. The maximum atomic E-state index is 14.3. The molecule has 0 aliphatic carbocycles. The number of benzene rings is 2. The number of carbonyl (C=O) groups excluding carboxylic acids is 2. The lowest BCUT2D eigenvalue weighted by Crippen LogP contribution is -2.35. The van der Waals surface area contributed by atoms with E-state index in [1.165, 1.54) is 25.1 Å². The first kappa shape index (κ1) is 22.0. The molecule has 5 N–H and O–H groups in total. The summed E-state index contributed by atoms with van der Waals surface area (Å²) < 4.78 is 52.9. The molecule has 0 spiro atoms. The normalized spacial score (nSPS) is 16.7. The molecule has 0 fully saturated rings. The highest BCUT2D eigenvalue weighted by Gasteiger charge is 2.34. The molecule has 6 nitrogen and oxygen atoms in total. The summed E-state index contributed by atoms with van der Waals surface area (Å²) in [4.78, 5) is 25.0. The highest BCUT2D eigenvalue weighted by atomic mass is 19.4. The van der Waals surface area contributed by atoms with E-state index in [0.29, 0.717) is 5.56 Å². The summed E-state index contributed by atoms with van der Waals surface area (Å²) in [5.74, 6) is -2.78. The Hall–Kier alpha value is -3.69. The second-order valence-electron chi connectivity index (χ2n) is 7.02. The van der Waals surface area contributed by atoms with Gasteiger partial charge in [0.05, 0.1) is 11.3 Å². The van der Waals surface area contributed by atoms with Crippen LogP contribution in [-0.4, -0.2) is 18.0 Å². The van der Waals surface area contributed by atoms with E-state index >= 15 is 0 Å². The van der Waals surface area contributed by atoms with Gasteiger partial charge in [-0.05, 0) is 36.8 Å². The van der Waals surface area contributed by atoms with Crippen molar-refractivity contribution in [3.05, 3.63) is 70.2 Å². The van der Waals surface area contributed by atoms with Gasteiger partial charge in [-0.15, -0.1) is 0 Å². The number of carbonyl (C=O) groups is 2. The predicted octanol–water partition coefficient (Wildman–Crippen LogP) is 3.94. The van der Waals surface area contributed by atoms with Gasteiger partial charge in [-0.2, -0.15) is 13.2 Å². The van der Waals surface area contributed by atoms with E-state index in [1.807, 2.05) is 0 Å². The zero-order valence-electron chi connectivity index (χ0n) is 16.2. The molecule has 1 heterocycles. The average molecular weight is 434 g/mol. The number of halogens is 4. The number of hydrogen-bond donors (Lipinski definition) is 4. The topological polar surface area (TPSA) is 108 Å². The second kappa shape index (κ2) is 8.21. The molecule has 0 saturated carbocycles. The van der Waals surface area contributed by atoms with Gasteiger partial charge in [-0.25, -0.2) is 4.39 Å². The molecule has 162 valence electrons. The summed E-state index contributed by atoms with van der Waals surface area (Å²) in [6.45, 7) is 1.48. The largest absolute Gasteiger partial charge is 0.416 e. The lowest BCUT2D eigenvalue weighted by Gasteiger charge is -2.27. The first-order chi connectivity index (χ1) is 14.5. The molecule has 10 heteroatoms. The average Bonchev–Trinajstić information content (AvgIpc) is 2.68. The van der Waals surface area contributed by atoms with Crippen LogP contribution in [0.25, 0.3) is 0 Å². The quantitative estimate of drug-likeness (QED) is 0.333. The van der Waals surface area contributed by atoms with E-state index in [-0.39, 0.29) is 34.6 Å². The highest BCUT2D eigenvalue weighted by Crippen LogP contribution is 2.36. The molecule has 1 unspecified atom stereocenters. The van der Waals surface area contributed by atoms with Crippen molar-refractivity contribution in [2.24, 2.45) is 0 Å². The minimum atomic E-state index is -4.52. The molecule has 2 amide bonds. The van der Waals surface area contributed by atoms with E-state index < -0.39 is 35.3 Å². The Balaban J connectivity index is 1.97. The fourth-order valence-corrected chi connectivity index (χ4v) is 3.41. The van der Waals surface area contributed by atoms with E-state index in [4.69, 9.17) is 11.1 Å². The standard InChI is InChI=1S/C21H18F4N4O2/c1-10-19(20(31)29-17-6-12(9-26)16(27)8-15(17)22)14(7-18(30)28-10)11-2-4-13(5-3-11)21(23,24)25/h2-6,8-9,14,26H,7,27H2,1H3,(H,28,30)(H,29,31). The van der Waals surface area contributed by atoms with Gasteiger partial charge in [0.25, 0.3) is 5.91 Å². The van der Waals surface area contributed by atoms with E-state index in [2.05, 4.69) is 10.6 Å². The number of alkyl halides is 3. The Morgan fingerprint density at radius 1 is 1.26 bits per heavy atom. The molecule has 2 aromatic carbocycles. The molecule has 1 atom stereocenters. The minimum absolute atomic E-state index is 0.0217. The number of nitrogens with one attached hydrogen (secondary N) is 3. The third-order valence-corrected chi connectivity index (χ3v) is 4.93.